The number of nitrogens with one attached hydrogen (secondary N) is 1. The monoisotopic (exact) mass is 420 g/mol. The average molecular weight is 420 g/mol. The topological polar surface area (TPSA) is 81.3 Å². The number of aryl methyl sites for hydroxylation is 2. The summed E-state index contributed by atoms with van der Waals surface area (Å²) < 4.78 is 10.9. The summed E-state index contributed by atoms with van der Waals surface area (Å²) in [6, 6.07) is 17.0. The van der Waals surface area contributed by atoms with Gasteiger partial charge < -0.3 is 14.5 Å². The van der Waals surface area contributed by atoms with Crippen LogP contribution in [0.2, 0.25) is 0 Å². The first-order valence-corrected chi connectivity index (χ1v) is 10.3. The minimum absolute atomic E-state index is 0.111. The number of rotatable bonds is 6. The summed E-state index contributed by atoms with van der Waals surface area (Å²) in [5.41, 5.74) is 2.17. The third kappa shape index (κ3) is 3.97. The molecular formula is C23H20N2O4S. The number of esters is 1. The second-order valence-electron chi connectivity index (χ2n) is 6.76. The number of H-pyrrole nitrogens is 1. The number of aromatic amines is 1. The van der Waals surface area contributed by atoms with Crippen LogP contribution in [0.4, 0.5) is 0 Å². The largest absolute Gasteiger partial charge is 0.490 e. The number of para-hydroxylation sites is 1. The van der Waals surface area contributed by atoms with E-state index in [9.17, 15) is 9.59 Å². The molecule has 0 radical (unpaired) electrons. The lowest BCUT2D eigenvalue weighted by molar-refractivity contribution is 0.0455. The predicted molar refractivity (Wildman–Crippen MR) is 117 cm³/mol. The van der Waals surface area contributed by atoms with Gasteiger partial charge in [-0.15, -0.1) is 11.3 Å². The fourth-order valence-electron chi connectivity index (χ4n) is 3.18. The van der Waals surface area contributed by atoms with Crippen molar-refractivity contribution in [2.75, 3.05) is 13.2 Å². The van der Waals surface area contributed by atoms with Crippen LogP contribution in [0.25, 0.3) is 21.6 Å². The Morgan fingerprint density at radius 2 is 1.77 bits per heavy atom. The Balaban J connectivity index is 1.54. The van der Waals surface area contributed by atoms with E-state index in [4.69, 9.17) is 9.47 Å². The highest BCUT2D eigenvalue weighted by molar-refractivity contribution is 7.20. The minimum Gasteiger partial charge on any atom is -0.490 e. The van der Waals surface area contributed by atoms with E-state index in [0.717, 1.165) is 11.1 Å². The molecule has 30 heavy (non-hydrogen) atoms. The Morgan fingerprint density at radius 3 is 2.53 bits per heavy atom. The van der Waals surface area contributed by atoms with Crippen LogP contribution in [0.3, 0.4) is 0 Å². The van der Waals surface area contributed by atoms with Crippen molar-refractivity contribution in [3.63, 3.8) is 0 Å². The van der Waals surface area contributed by atoms with Crippen molar-refractivity contribution in [2.24, 2.45) is 0 Å². The summed E-state index contributed by atoms with van der Waals surface area (Å²) in [5.74, 6) is 0.720. The van der Waals surface area contributed by atoms with Crippen LogP contribution in [0, 0.1) is 13.8 Å². The van der Waals surface area contributed by atoms with Crippen LogP contribution in [-0.2, 0) is 4.74 Å². The lowest BCUT2D eigenvalue weighted by Crippen LogP contribution is -2.13. The average Bonchev–Trinajstić information content (AvgIpc) is 3.09. The van der Waals surface area contributed by atoms with Crippen LogP contribution in [0.1, 0.15) is 20.8 Å². The number of benzene rings is 2. The molecule has 0 fully saturated rings. The normalized spacial score (nSPS) is 10.9. The molecule has 2 heterocycles. The van der Waals surface area contributed by atoms with Gasteiger partial charge in [-0.05, 0) is 37.1 Å². The molecule has 1 N–H and O–H groups in total. The molecule has 0 amide bonds. The number of hydrogen-bond donors (Lipinski definition) is 1. The zero-order chi connectivity index (χ0) is 21.1. The van der Waals surface area contributed by atoms with E-state index in [1.807, 2.05) is 61.5 Å². The first-order chi connectivity index (χ1) is 14.5. The van der Waals surface area contributed by atoms with Gasteiger partial charge in [0.1, 0.15) is 34.5 Å². The van der Waals surface area contributed by atoms with Crippen molar-refractivity contribution in [2.45, 2.75) is 13.8 Å². The summed E-state index contributed by atoms with van der Waals surface area (Å²) in [6.07, 6.45) is 0. The van der Waals surface area contributed by atoms with E-state index in [-0.39, 0.29) is 18.8 Å². The molecule has 4 rings (SSSR count). The number of ether oxygens (including phenoxy) is 2. The molecule has 0 unspecified atom stereocenters. The number of aromatic nitrogens is 2. The van der Waals surface area contributed by atoms with Gasteiger partial charge in [-0.3, -0.25) is 4.79 Å². The van der Waals surface area contributed by atoms with Gasteiger partial charge in [0.25, 0.3) is 5.56 Å². The Hall–Kier alpha value is -3.45. The van der Waals surface area contributed by atoms with E-state index in [1.165, 1.54) is 11.3 Å². The molecule has 6 nitrogen and oxygen atoms in total. The molecule has 0 atom stereocenters. The van der Waals surface area contributed by atoms with Crippen molar-refractivity contribution in [3.05, 3.63) is 81.0 Å². The molecule has 0 aliphatic carbocycles. The second kappa shape index (κ2) is 8.51. The maximum atomic E-state index is 12.7. The predicted octanol–water partition coefficient (Wildman–Crippen LogP) is 4.50. The van der Waals surface area contributed by atoms with Gasteiger partial charge in [-0.25, -0.2) is 9.78 Å². The number of nitrogens with zero attached hydrogens (tertiary/aromatic N) is 1. The highest BCUT2D eigenvalue weighted by Gasteiger charge is 2.21. The lowest BCUT2D eigenvalue weighted by Gasteiger charge is -2.06. The first-order valence-electron chi connectivity index (χ1n) is 9.49. The van der Waals surface area contributed by atoms with Crippen LogP contribution in [-0.4, -0.2) is 29.2 Å². The van der Waals surface area contributed by atoms with Crippen LogP contribution in [0.15, 0.2) is 59.4 Å². The fourth-order valence-corrected chi connectivity index (χ4v) is 4.26. The van der Waals surface area contributed by atoms with E-state index < -0.39 is 5.97 Å². The van der Waals surface area contributed by atoms with Gasteiger partial charge in [-0.1, -0.05) is 42.5 Å². The molecule has 0 saturated carbocycles. The van der Waals surface area contributed by atoms with Gasteiger partial charge >= 0.3 is 5.97 Å². The summed E-state index contributed by atoms with van der Waals surface area (Å²) in [4.78, 5) is 33.6. The van der Waals surface area contributed by atoms with Crippen molar-refractivity contribution in [3.8, 4) is 17.1 Å². The van der Waals surface area contributed by atoms with Crippen LogP contribution < -0.4 is 10.3 Å². The van der Waals surface area contributed by atoms with Crippen molar-refractivity contribution in [1.82, 2.24) is 9.97 Å². The van der Waals surface area contributed by atoms with E-state index in [0.29, 0.717) is 32.2 Å². The van der Waals surface area contributed by atoms with Gasteiger partial charge in [0.15, 0.2) is 0 Å². The zero-order valence-corrected chi connectivity index (χ0v) is 17.4. The maximum Gasteiger partial charge on any atom is 0.348 e. The van der Waals surface area contributed by atoms with E-state index in [1.54, 1.807) is 6.92 Å². The third-order valence-corrected chi connectivity index (χ3v) is 5.88. The number of carbonyl (C=O) groups is 1. The Morgan fingerprint density at radius 1 is 1.03 bits per heavy atom. The van der Waals surface area contributed by atoms with Crippen LogP contribution >= 0.6 is 11.3 Å². The Labute approximate surface area is 177 Å². The minimum atomic E-state index is -0.482. The van der Waals surface area contributed by atoms with E-state index in [2.05, 4.69) is 9.97 Å². The molecule has 4 aromatic rings. The molecule has 0 aliphatic heterocycles. The molecule has 0 saturated heterocycles. The fraction of sp³-hybridized carbons (Fsp3) is 0.174. The van der Waals surface area contributed by atoms with Gasteiger partial charge in [0.05, 0.1) is 5.39 Å². The summed E-state index contributed by atoms with van der Waals surface area (Å²) in [5, 5.41) is 0.421. The number of carbonyl (C=O) groups excluding carboxylic acids is 1. The Bertz CT molecular complexity index is 1260. The van der Waals surface area contributed by atoms with Crippen molar-refractivity contribution >= 4 is 27.5 Å². The van der Waals surface area contributed by atoms with Gasteiger partial charge in [0.2, 0.25) is 0 Å². The van der Waals surface area contributed by atoms with Gasteiger partial charge in [-0.2, -0.15) is 0 Å². The molecule has 2 aromatic carbocycles. The highest BCUT2D eigenvalue weighted by Crippen LogP contribution is 2.29. The molecule has 152 valence electrons. The molecule has 2 aromatic heterocycles. The number of thiophene rings is 1. The van der Waals surface area contributed by atoms with Crippen molar-refractivity contribution < 1.29 is 14.3 Å². The quantitative estimate of drug-likeness (QED) is 0.367. The standard InChI is InChI=1S/C23H20N2O4S/c1-14-8-6-7-11-17(14)20-24-21(26)18-15(2)19(30-22(18)25-20)23(27)29-13-12-28-16-9-4-3-5-10-16/h3-11H,12-13H2,1-2H3,(H,24,25,26). The lowest BCUT2D eigenvalue weighted by atomic mass is 10.1. The van der Waals surface area contributed by atoms with Gasteiger partial charge in [0, 0.05) is 5.56 Å². The molecule has 0 aliphatic rings. The number of fused-ring (bicyclic) bond motifs is 1. The zero-order valence-electron chi connectivity index (χ0n) is 16.6. The molecule has 7 heteroatoms. The molecular weight excluding hydrogens is 400 g/mol. The van der Waals surface area contributed by atoms with Crippen molar-refractivity contribution in [1.29, 1.82) is 0 Å². The SMILES string of the molecule is Cc1ccccc1-c1nc2sc(C(=O)OCCOc3ccccc3)c(C)c2c(=O)[nH]1. The smallest absolute Gasteiger partial charge is 0.348 e. The van der Waals surface area contributed by atoms with E-state index >= 15 is 0 Å². The second-order valence-corrected chi connectivity index (χ2v) is 7.76. The third-order valence-electron chi connectivity index (χ3n) is 4.71. The maximum absolute atomic E-state index is 12.7. The van der Waals surface area contributed by atoms with Crippen LogP contribution in [0.5, 0.6) is 5.75 Å². The molecule has 0 spiro atoms. The summed E-state index contributed by atoms with van der Waals surface area (Å²) in [7, 11) is 0. The number of hydrogen-bond acceptors (Lipinski definition) is 6. The highest BCUT2D eigenvalue weighted by atomic mass is 32.1. The molecule has 0 bridgehead atoms. The summed E-state index contributed by atoms with van der Waals surface area (Å²) >= 11 is 1.17. The first kappa shape index (κ1) is 19.8. The Kier molecular flexibility index (Phi) is 5.63. The summed E-state index contributed by atoms with van der Waals surface area (Å²) in [6.45, 7) is 4.05.